The number of thiophene rings is 1. The zero-order valence-electron chi connectivity index (χ0n) is 10.5. The van der Waals surface area contributed by atoms with Gasteiger partial charge in [-0.15, -0.1) is 21.5 Å². The van der Waals surface area contributed by atoms with E-state index in [-0.39, 0.29) is 5.13 Å². The molecule has 6 nitrogen and oxygen atoms in total. The molecule has 104 valence electrons. The molecule has 2 rings (SSSR count). The molecule has 2 heterocycles. The maximum absolute atomic E-state index is 12.4. The maximum Gasteiger partial charge on any atom is 0.265 e. The molecule has 0 atom stereocenters. The minimum Gasteiger partial charge on any atom is -0.312 e. The van der Waals surface area contributed by atoms with E-state index in [0.29, 0.717) is 11.4 Å². The molecule has 0 saturated heterocycles. The SMILES string of the molecule is CCNCc1scc(C)c1S(=O)(=O)Nc1nncs1. The van der Waals surface area contributed by atoms with Gasteiger partial charge < -0.3 is 5.32 Å². The lowest BCUT2D eigenvalue weighted by Gasteiger charge is -2.08. The van der Waals surface area contributed by atoms with Gasteiger partial charge in [0.05, 0.1) is 0 Å². The molecule has 0 radical (unpaired) electrons. The number of sulfonamides is 1. The standard InChI is InChI=1S/C10H14N4O2S3/c1-3-11-4-8-9(7(2)5-17-8)19(15,16)14-10-13-12-6-18-10/h5-6,11H,3-4H2,1-2H3,(H,13,14). The lowest BCUT2D eigenvalue weighted by atomic mass is 10.3. The molecule has 0 saturated carbocycles. The van der Waals surface area contributed by atoms with Crippen molar-refractivity contribution in [1.82, 2.24) is 15.5 Å². The summed E-state index contributed by atoms with van der Waals surface area (Å²) in [5.41, 5.74) is 2.23. The highest BCUT2D eigenvalue weighted by molar-refractivity contribution is 7.93. The van der Waals surface area contributed by atoms with Crippen LogP contribution in [0.5, 0.6) is 0 Å². The Morgan fingerprint density at radius 3 is 2.79 bits per heavy atom. The Balaban J connectivity index is 2.31. The molecule has 0 bridgehead atoms. The van der Waals surface area contributed by atoms with E-state index < -0.39 is 10.0 Å². The first-order chi connectivity index (χ1) is 9.04. The average molecular weight is 318 g/mol. The Morgan fingerprint density at radius 1 is 1.37 bits per heavy atom. The first-order valence-corrected chi connectivity index (χ1v) is 8.85. The van der Waals surface area contributed by atoms with Crippen molar-refractivity contribution in [3.8, 4) is 0 Å². The van der Waals surface area contributed by atoms with Crippen molar-refractivity contribution in [3.63, 3.8) is 0 Å². The topological polar surface area (TPSA) is 84.0 Å². The number of aryl methyl sites for hydroxylation is 1. The van der Waals surface area contributed by atoms with Gasteiger partial charge >= 0.3 is 0 Å². The zero-order valence-corrected chi connectivity index (χ0v) is 13.0. The molecule has 0 aromatic carbocycles. The Hall–Kier alpha value is -1.03. The summed E-state index contributed by atoms with van der Waals surface area (Å²) in [6, 6.07) is 0. The number of rotatable bonds is 6. The number of hydrogen-bond donors (Lipinski definition) is 2. The highest BCUT2D eigenvalue weighted by atomic mass is 32.2. The van der Waals surface area contributed by atoms with E-state index in [1.165, 1.54) is 16.8 Å². The number of anilines is 1. The van der Waals surface area contributed by atoms with Gasteiger partial charge in [0.15, 0.2) is 0 Å². The van der Waals surface area contributed by atoms with Crippen LogP contribution in [-0.2, 0) is 16.6 Å². The maximum atomic E-state index is 12.4. The second-order valence-electron chi connectivity index (χ2n) is 3.80. The molecular weight excluding hydrogens is 304 g/mol. The second-order valence-corrected chi connectivity index (χ2v) is 7.22. The van der Waals surface area contributed by atoms with Gasteiger partial charge in [0.2, 0.25) is 5.13 Å². The monoisotopic (exact) mass is 318 g/mol. The fourth-order valence-corrected chi connectivity index (χ4v) is 5.07. The predicted molar refractivity (Wildman–Crippen MR) is 77.2 cm³/mol. The summed E-state index contributed by atoms with van der Waals surface area (Å²) >= 11 is 2.59. The molecule has 2 N–H and O–H groups in total. The van der Waals surface area contributed by atoms with Gasteiger partial charge in [0.25, 0.3) is 10.0 Å². The first kappa shape index (κ1) is 14.4. The minimum absolute atomic E-state index is 0.278. The van der Waals surface area contributed by atoms with E-state index >= 15 is 0 Å². The van der Waals surface area contributed by atoms with Crippen LogP contribution < -0.4 is 10.0 Å². The second kappa shape index (κ2) is 5.95. The number of aromatic nitrogens is 2. The summed E-state index contributed by atoms with van der Waals surface area (Å²) in [4.78, 5) is 1.14. The van der Waals surface area contributed by atoms with Crippen molar-refractivity contribution in [3.05, 3.63) is 21.3 Å². The van der Waals surface area contributed by atoms with Crippen molar-refractivity contribution in [1.29, 1.82) is 0 Å². The van der Waals surface area contributed by atoms with Crippen molar-refractivity contribution in [2.45, 2.75) is 25.3 Å². The van der Waals surface area contributed by atoms with Gasteiger partial charge in [-0.25, -0.2) is 8.42 Å². The molecule has 0 spiro atoms. The average Bonchev–Trinajstić information content (AvgIpc) is 2.95. The molecule has 0 fully saturated rings. The zero-order chi connectivity index (χ0) is 13.9. The fraction of sp³-hybridized carbons (Fsp3) is 0.400. The number of nitrogens with zero attached hydrogens (tertiary/aromatic N) is 2. The van der Waals surface area contributed by atoms with E-state index in [9.17, 15) is 8.42 Å². The Morgan fingerprint density at radius 2 is 2.16 bits per heavy atom. The van der Waals surface area contributed by atoms with Gasteiger partial charge in [0, 0.05) is 11.4 Å². The minimum atomic E-state index is -3.60. The van der Waals surface area contributed by atoms with E-state index in [4.69, 9.17) is 0 Å². The molecule has 0 amide bonds. The highest BCUT2D eigenvalue weighted by Gasteiger charge is 2.23. The first-order valence-electron chi connectivity index (χ1n) is 5.61. The largest absolute Gasteiger partial charge is 0.312 e. The molecule has 0 aliphatic heterocycles. The Labute approximate surface area is 119 Å². The van der Waals surface area contributed by atoms with Crippen molar-refractivity contribution in [2.24, 2.45) is 0 Å². The van der Waals surface area contributed by atoms with Crippen LogP contribution in [0.2, 0.25) is 0 Å². The van der Waals surface area contributed by atoms with Gasteiger partial charge in [0.1, 0.15) is 10.4 Å². The number of hydrogen-bond acceptors (Lipinski definition) is 7. The van der Waals surface area contributed by atoms with Gasteiger partial charge in [-0.3, -0.25) is 4.72 Å². The van der Waals surface area contributed by atoms with E-state index in [1.54, 1.807) is 6.92 Å². The van der Waals surface area contributed by atoms with Gasteiger partial charge in [-0.2, -0.15) is 0 Å². The predicted octanol–water partition coefficient (Wildman–Crippen LogP) is 1.82. The highest BCUT2D eigenvalue weighted by Crippen LogP contribution is 2.28. The summed E-state index contributed by atoms with van der Waals surface area (Å²) in [7, 11) is -3.60. The third-order valence-corrected chi connectivity index (χ3v) is 5.91. The lowest BCUT2D eigenvalue weighted by Crippen LogP contribution is -2.18. The van der Waals surface area contributed by atoms with Crippen molar-refractivity contribution < 1.29 is 8.42 Å². The lowest BCUT2D eigenvalue weighted by molar-refractivity contribution is 0.598. The fourth-order valence-electron chi connectivity index (χ4n) is 1.59. The molecule has 2 aromatic heterocycles. The van der Waals surface area contributed by atoms with Crippen LogP contribution in [0.15, 0.2) is 15.8 Å². The molecule has 19 heavy (non-hydrogen) atoms. The normalized spacial score (nSPS) is 11.7. The summed E-state index contributed by atoms with van der Waals surface area (Å²) in [6.07, 6.45) is 0. The van der Waals surface area contributed by atoms with Crippen LogP contribution in [-0.4, -0.2) is 25.2 Å². The molecular formula is C10H14N4O2S3. The van der Waals surface area contributed by atoms with Gasteiger partial charge in [-0.05, 0) is 24.4 Å². The smallest absolute Gasteiger partial charge is 0.265 e. The molecule has 0 aliphatic carbocycles. The molecule has 9 heteroatoms. The molecule has 0 unspecified atom stereocenters. The summed E-state index contributed by atoms with van der Waals surface area (Å²) < 4.78 is 27.2. The van der Waals surface area contributed by atoms with Crippen LogP contribution in [0.1, 0.15) is 17.4 Å². The van der Waals surface area contributed by atoms with Gasteiger partial charge in [-0.1, -0.05) is 18.3 Å². The van der Waals surface area contributed by atoms with E-state index in [0.717, 1.165) is 28.3 Å². The summed E-state index contributed by atoms with van der Waals surface area (Å²) in [6.45, 7) is 5.11. The summed E-state index contributed by atoms with van der Waals surface area (Å²) in [5.74, 6) is 0. The number of nitrogens with one attached hydrogen (secondary N) is 2. The molecule has 2 aromatic rings. The van der Waals surface area contributed by atoms with E-state index in [1.807, 2.05) is 12.3 Å². The van der Waals surface area contributed by atoms with Crippen molar-refractivity contribution in [2.75, 3.05) is 11.3 Å². The third kappa shape index (κ3) is 3.30. The Bertz CT molecular complexity index is 634. The molecule has 0 aliphatic rings. The van der Waals surface area contributed by atoms with Crippen LogP contribution in [0, 0.1) is 6.92 Å². The Kier molecular flexibility index (Phi) is 4.50. The van der Waals surface area contributed by atoms with Crippen molar-refractivity contribution >= 4 is 37.8 Å². The third-order valence-electron chi connectivity index (χ3n) is 2.38. The van der Waals surface area contributed by atoms with Crippen LogP contribution in [0.4, 0.5) is 5.13 Å². The van der Waals surface area contributed by atoms with Crippen LogP contribution in [0.3, 0.4) is 0 Å². The van der Waals surface area contributed by atoms with E-state index in [2.05, 4.69) is 20.2 Å². The quantitative estimate of drug-likeness (QED) is 0.849. The van der Waals surface area contributed by atoms with Crippen LogP contribution in [0.25, 0.3) is 0 Å². The summed E-state index contributed by atoms with van der Waals surface area (Å²) in [5, 5.41) is 12.6. The van der Waals surface area contributed by atoms with Crippen LogP contribution >= 0.6 is 22.7 Å².